The van der Waals surface area contributed by atoms with E-state index in [1.165, 1.54) is 13.0 Å². The molecule has 0 spiro atoms. The van der Waals surface area contributed by atoms with E-state index in [1.807, 2.05) is 14.0 Å². The molecule has 100 valence electrons. The second-order valence-electron chi connectivity index (χ2n) is 4.48. The zero-order valence-electron chi connectivity index (χ0n) is 11.0. The van der Waals surface area contributed by atoms with Crippen LogP contribution >= 0.6 is 0 Å². The van der Waals surface area contributed by atoms with Crippen LogP contribution in [-0.2, 0) is 13.6 Å². The fraction of sp³-hybridized carbons (Fsp3) is 0.308. The number of carbonyl (C=O) groups excluding carboxylic acids is 1. The van der Waals surface area contributed by atoms with Crippen LogP contribution in [0.5, 0.6) is 0 Å². The number of carboxylic acid groups (broad SMARTS) is 1. The molecule has 0 atom stereocenters. The second-order valence-corrected chi connectivity index (χ2v) is 4.48. The fourth-order valence-corrected chi connectivity index (χ4v) is 1.90. The zero-order chi connectivity index (χ0) is 14.2. The van der Waals surface area contributed by atoms with E-state index < -0.39 is 5.97 Å². The Morgan fingerprint density at radius 2 is 2.11 bits per heavy atom. The lowest BCUT2D eigenvalue weighted by molar-refractivity contribution is 0.0685. The van der Waals surface area contributed by atoms with Crippen LogP contribution < -0.4 is 0 Å². The highest BCUT2D eigenvalue weighted by Gasteiger charge is 2.16. The van der Waals surface area contributed by atoms with E-state index in [0.29, 0.717) is 12.1 Å². The number of ketones is 1. The SMILES string of the molecule is CC(=O)c1cc(C(=O)O)n(Cc2cnn(C)c2C)c1. The number of hydrogen-bond donors (Lipinski definition) is 1. The molecule has 2 rings (SSSR count). The third kappa shape index (κ3) is 2.42. The Hall–Kier alpha value is -2.37. The number of rotatable bonds is 4. The summed E-state index contributed by atoms with van der Waals surface area (Å²) >= 11 is 0. The van der Waals surface area contributed by atoms with Gasteiger partial charge < -0.3 is 9.67 Å². The van der Waals surface area contributed by atoms with E-state index >= 15 is 0 Å². The van der Waals surface area contributed by atoms with Crippen molar-refractivity contribution in [3.05, 3.63) is 41.0 Å². The fourth-order valence-electron chi connectivity index (χ4n) is 1.90. The molecular formula is C13H15N3O3. The van der Waals surface area contributed by atoms with Gasteiger partial charge in [0.25, 0.3) is 0 Å². The van der Waals surface area contributed by atoms with Gasteiger partial charge in [0, 0.05) is 30.1 Å². The monoisotopic (exact) mass is 261 g/mol. The molecule has 6 nitrogen and oxygen atoms in total. The molecule has 0 aliphatic heterocycles. The predicted octanol–water partition coefficient (Wildman–Crippen LogP) is 1.48. The summed E-state index contributed by atoms with van der Waals surface area (Å²) in [5.74, 6) is -1.20. The Morgan fingerprint density at radius 3 is 2.58 bits per heavy atom. The van der Waals surface area contributed by atoms with Crippen LogP contribution in [0.25, 0.3) is 0 Å². The van der Waals surface area contributed by atoms with Crippen LogP contribution in [0.15, 0.2) is 18.5 Å². The number of Topliss-reactive ketones (excluding diaryl/α,β-unsaturated/α-hetero) is 1. The minimum Gasteiger partial charge on any atom is -0.477 e. The lowest BCUT2D eigenvalue weighted by atomic mass is 10.2. The van der Waals surface area contributed by atoms with Gasteiger partial charge in [0.2, 0.25) is 0 Å². The van der Waals surface area contributed by atoms with Crippen LogP contribution in [0.4, 0.5) is 0 Å². The zero-order valence-corrected chi connectivity index (χ0v) is 11.0. The largest absolute Gasteiger partial charge is 0.477 e. The van der Waals surface area contributed by atoms with Crippen molar-refractivity contribution < 1.29 is 14.7 Å². The summed E-state index contributed by atoms with van der Waals surface area (Å²) in [4.78, 5) is 22.5. The number of aromatic nitrogens is 3. The minimum atomic E-state index is -1.05. The summed E-state index contributed by atoms with van der Waals surface area (Å²) in [6.07, 6.45) is 3.27. The molecule has 2 aromatic rings. The molecule has 6 heteroatoms. The molecule has 1 N–H and O–H groups in total. The Kier molecular flexibility index (Phi) is 3.25. The topological polar surface area (TPSA) is 77.1 Å². The van der Waals surface area contributed by atoms with E-state index in [9.17, 15) is 9.59 Å². The van der Waals surface area contributed by atoms with Crippen molar-refractivity contribution in [1.29, 1.82) is 0 Å². The van der Waals surface area contributed by atoms with E-state index in [1.54, 1.807) is 21.6 Å². The minimum absolute atomic E-state index is 0.105. The molecule has 0 bridgehead atoms. The molecular weight excluding hydrogens is 246 g/mol. The predicted molar refractivity (Wildman–Crippen MR) is 68.4 cm³/mol. The maximum Gasteiger partial charge on any atom is 0.352 e. The first-order chi connectivity index (χ1) is 8.90. The van der Waals surface area contributed by atoms with E-state index in [4.69, 9.17) is 5.11 Å². The van der Waals surface area contributed by atoms with Crippen molar-refractivity contribution in [2.75, 3.05) is 0 Å². The molecule has 0 amide bonds. The van der Waals surface area contributed by atoms with Crippen LogP contribution in [0.1, 0.15) is 39.0 Å². The van der Waals surface area contributed by atoms with Crippen molar-refractivity contribution in [3.8, 4) is 0 Å². The smallest absolute Gasteiger partial charge is 0.352 e. The molecule has 0 radical (unpaired) electrons. The molecule has 2 aromatic heterocycles. The number of carboxylic acids is 1. The van der Waals surface area contributed by atoms with Crippen LogP contribution in [0, 0.1) is 6.92 Å². The summed E-state index contributed by atoms with van der Waals surface area (Å²) in [5, 5.41) is 13.3. The standard InChI is InChI=1S/C13H15N3O3/c1-8-11(5-14-15(8)3)7-16-6-10(9(2)17)4-12(16)13(18)19/h4-6H,7H2,1-3H3,(H,18,19). The van der Waals surface area contributed by atoms with Crippen molar-refractivity contribution >= 4 is 11.8 Å². The van der Waals surface area contributed by atoms with Gasteiger partial charge in [-0.3, -0.25) is 9.48 Å². The Balaban J connectivity index is 2.41. The van der Waals surface area contributed by atoms with Gasteiger partial charge in [-0.25, -0.2) is 4.79 Å². The summed E-state index contributed by atoms with van der Waals surface area (Å²) < 4.78 is 3.29. The Bertz CT molecular complexity index is 652. The molecule has 0 aromatic carbocycles. The molecule has 0 unspecified atom stereocenters. The van der Waals surface area contributed by atoms with Crippen molar-refractivity contribution in [1.82, 2.24) is 14.3 Å². The number of carbonyl (C=O) groups is 2. The van der Waals surface area contributed by atoms with Gasteiger partial charge in [0.1, 0.15) is 5.69 Å². The lowest BCUT2D eigenvalue weighted by Crippen LogP contribution is -2.09. The van der Waals surface area contributed by atoms with Gasteiger partial charge >= 0.3 is 5.97 Å². The average Bonchev–Trinajstić information content (AvgIpc) is 2.88. The van der Waals surface area contributed by atoms with Gasteiger partial charge in [0.15, 0.2) is 5.78 Å². The first-order valence-corrected chi connectivity index (χ1v) is 5.82. The summed E-state index contributed by atoms with van der Waals surface area (Å²) in [5.41, 5.74) is 2.40. The number of aromatic carboxylic acids is 1. The van der Waals surface area contributed by atoms with Gasteiger partial charge in [-0.05, 0) is 19.9 Å². The van der Waals surface area contributed by atoms with Gasteiger partial charge in [0.05, 0.1) is 12.7 Å². The Morgan fingerprint density at radius 1 is 1.42 bits per heavy atom. The molecule has 19 heavy (non-hydrogen) atoms. The van der Waals surface area contributed by atoms with Crippen molar-refractivity contribution in [2.45, 2.75) is 20.4 Å². The van der Waals surface area contributed by atoms with Crippen molar-refractivity contribution in [2.24, 2.45) is 7.05 Å². The summed E-state index contributed by atoms with van der Waals surface area (Å²) in [6.45, 7) is 3.72. The second kappa shape index (κ2) is 4.72. The van der Waals surface area contributed by atoms with Crippen LogP contribution in [0.2, 0.25) is 0 Å². The van der Waals surface area contributed by atoms with Gasteiger partial charge in [-0.2, -0.15) is 5.10 Å². The normalized spacial score (nSPS) is 10.7. The molecule has 0 aliphatic carbocycles. The quantitative estimate of drug-likeness (QED) is 0.846. The van der Waals surface area contributed by atoms with Gasteiger partial charge in [-0.15, -0.1) is 0 Å². The molecule has 0 fully saturated rings. The highest BCUT2D eigenvalue weighted by Crippen LogP contribution is 2.14. The third-order valence-corrected chi connectivity index (χ3v) is 3.20. The molecule has 0 saturated heterocycles. The summed E-state index contributed by atoms with van der Waals surface area (Å²) in [7, 11) is 1.83. The van der Waals surface area contributed by atoms with Crippen LogP contribution in [-0.4, -0.2) is 31.2 Å². The Labute approximate surface area is 110 Å². The molecule has 2 heterocycles. The highest BCUT2D eigenvalue weighted by atomic mass is 16.4. The first kappa shape index (κ1) is 13.1. The molecule has 0 aliphatic rings. The maximum atomic E-state index is 11.3. The van der Waals surface area contributed by atoms with Crippen LogP contribution in [0.3, 0.4) is 0 Å². The number of aryl methyl sites for hydroxylation is 1. The lowest BCUT2D eigenvalue weighted by Gasteiger charge is -2.05. The summed E-state index contributed by atoms with van der Waals surface area (Å²) in [6, 6.07) is 1.40. The maximum absolute atomic E-state index is 11.3. The van der Waals surface area contributed by atoms with Crippen molar-refractivity contribution in [3.63, 3.8) is 0 Å². The third-order valence-electron chi connectivity index (χ3n) is 3.20. The molecule has 0 saturated carbocycles. The highest BCUT2D eigenvalue weighted by molar-refractivity contribution is 5.97. The number of nitrogens with zero attached hydrogens (tertiary/aromatic N) is 3. The number of hydrogen-bond acceptors (Lipinski definition) is 3. The van der Waals surface area contributed by atoms with Gasteiger partial charge in [-0.1, -0.05) is 0 Å². The van der Waals surface area contributed by atoms with E-state index in [0.717, 1.165) is 11.3 Å². The van der Waals surface area contributed by atoms with E-state index in [2.05, 4.69) is 5.10 Å². The first-order valence-electron chi connectivity index (χ1n) is 5.82. The van der Waals surface area contributed by atoms with E-state index in [-0.39, 0.29) is 11.5 Å². The average molecular weight is 261 g/mol.